The first-order valence-corrected chi connectivity index (χ1v) is 5.78. The highest BCUT2D eigenvalue weighted by atomic mass is 79.9. The van der Waals surface area contributed by atoms with Crippen molar-refractivity contribution in [2.75, 3.05) is 5.33 Å². The van der Waals surface area contributed by atoms with Gasteiger partial charge in [-0.15, -0.1) is 6.58 Å². The van der Waals surface area contributed by atoms with Crippen LogP contribution in [-0.4, -0.2) is 16.5 Å². The van der Waals surface area contributed by atoms with E-state index >= 15 is 0 Å². The highest BCUT2D eigenvalue weighted by Gasteiger charge is 1.99. The molecule has 1 nitrogen and oxygen atoms in total. The average molecular weight is 235 g/mol. The Labute approximate surface area is 84.0 Å². The van der Waals surface area contributed by atoms with Crippen LogP contribution >= 0.6 is 15.9 Å². The van der Waals surface area contributed by atoms with Crippen molar-refractivity contribution in [3.63, 3.8) is 0 Å². The molecule has 1 unspecified atom stereocenters. The molecule has 0 saturated heterocycles. The molecule has 12 heavy (non-hydrogen) atoms. The molecule has 2 heteroatoms. The fourth-order valence-corrected chi connectivity index (χ4v) is 1.53. The van der Waals surface area contributed by atoms with Gasteiger partial charge in [-0.05, 0) is 19.3 Å². The van der Waals surface area contributed by atoms with Gasteiger partial charge in [-0.2, -0.15) is 0 Å². The van der Waals surface area contributed by atoms with E-state index in [2.05, 4.69) is 22.5 Å². The van der Waals surface area contributed by atoms with Crippen LogP contribution in [-0.2, 0) is 0 Å². The molecule has 0 heterocycles. The van der Waals surface area contributed by atoms with E-state index in [4.69, 9.17) is 0 Å². The summed E-state index contributed by atoms with van der Waals surface area (Å²) < 4.78 is 0. The highest BCUT2D eigenvalue weighted by Crippen LogP contribution is 2.08. The van der Waals surface area contributed by atoms with Gasteiger partial charge in [0.25, 0.3) is 0 Å². The average Bonchev–Trinajstić information content (AvgIpc) is 2.05. The lowest BCUT2D eigenvalue weighted by atomic mass is 10.1. The van der Waals surface area contributed by atoms with Crippen molar-refractivity contribution in [2.24, 2.45) is 0 Å². The van der Waals surface area contributed by atoms with Crippen molar-refractivity contribution >= 4 is 15.9 Å². The van der Waals surface area contributed by atoms with E-state index in [0.717, 1.165) is 24.6 Å². The molecule has 72 valence electrons. The van der Waals surface area contributed by atoms with Crippen molar-refractivity contribution < 1.29 is 5.11 Å². The molecular formula is C10H19BrO. The molecule has 0 amide bonds. The van der Waals surface area contributed by atoms with Gasteiger partial charge in [0.05, 0.1) is 6.10 Å². The van der Waals surface area contributed by atoms with E-state index in [1.54, 1.807) is 6.08 Å². The Morgan fingerprint density at radius 2 is 1.92 bits per heavy atom. The monoisotopic (exact) mass is 234 g/mol. The Balaban J connectivity index is 3.02. The summed E-state index contributed by atoms with van der Waals surface area (Å²) in [4.78, 5) is 0. The van der Waals surface area contributed by atoms with Crippen molar-refractivity contribution in [3.05, 3.63) is 12.7 Å². The summed E-state index contributed by atoms with van der Waals surface area (Å²) in [6.07, 6.45) is 8.17. The second-order valence-corrected chi connectivity index (χ2v) is 3.86. The Hall–Kier alpha value is 0.180. The topological polar surface area (TPSA) is 20.2 Å². The molecule has 0 saturated carbocycles. The molecule has 1 N–H and O–H groups in total. The molecule has 0 fully saturated rings. The molecule has 0 aliphatic heterocycles. The van der Waals surface area contributed by atoms with Crippen LogP contribution in [0.25, 0.3) is 0 Å². The van der Waals surface area contributed by atoms with Crippen molar-refractivity contribution in [1.29, 1.82) is 0 Å². The maximum absolute atomic E-state index is 9.33. The Kier molecular flexibility index (Phi) is 9.41. The van der Waals surface area contributed by atoms with Crippen LogP contribution in [0, 0.1) is 0 Å². The summed E-state index contributed by atoms with van der Waals surface area (Å²) in [6.45, 7) is 3.59. The van der Waals surface area contributed by atoms with Gasteiger partial charge in [0.15, 0.2) is 0 Å². The zero-order chi connectivity index (χ0) is 9.23. The maximum atomic E-state index is 9.33. The third-order valence-corrected chi connectivity index (χ3v) is 2.42. The summed E-state index contributed by atoms with van der Waals surface area (Å²) >= 11 is 3.39. The van der Waals surface area contributed by atoms with Crippen molar-refractivity contribution in [1.82, 2.24) is 0 Å². The third-order valence-electron chi connectivity index (χ3n) is 1.86. The van der Waals surface area contributed by atoms with Crippen LogP contribution in [0.2, 0.25) is 0 Å². The van der Waals surface area contributed by atoms with Crippen LogP contribution in [0.5, 0.6) is 0 Å². The Morgan fingerprint density at radius 3 is 2.50 bits per heavy atom. The highest BCUT2D eigenvalue weighted by molar-refractivity contribution is 9.09. The summed E-state index contributed by atoms with van der Waals surface area (Å²) in [5.74, 6) is 0. The Morgan fingerprint density at radius 1 is 1.25 bits per heavy atom. The Bertz CT molecular complexity index is 104. The van der Waals surface area contributed by atoms with E-state index in [-0.39, 0.29) is 6.10 Å². The molecule has 0 aromatic rings. The minimum Gasteiger partial charge on any atom is -0.393 e. The maximum Gasteiger partial charge on any atom is 0.0574 e. The van der Waals surface area contributed by atoms with Gasteiger partial charge in [-0.3, -0.25) is 0 Å². The zero-order valence-electron chi connectivity index (χ0n) is 7.64. The molecule has 0 bridgehead atoms. The minimum absolute atomic E-state index is 0.161. The smallest absolute Gasteiger partial charge is 0.0574 e. The quantitative estimate of drug-likeness (QED) is 0.389. The third kappa shape index (κ3) is 8.28. The van der Waals surface area contributed by atoms with E-state index in [9.17, 15) is 5.11 Å². The zero-order valence-corrected chi connectivity index (χ0v) is 9.22. The summed E-state index contributed by atoms with van der Waals surface area (Å²) in [7, 11) is 0. The molecular weight excluding hydrogens is 216 g/mol. The SMILES string of the molecule is C=CCC(O)CCCCCCBr. The summed E-state index contributed by atoms with van der Waals surface area (Å²) in [5, 5.41) is 10.4. The first-order chi connectivity index (χ1) is 5.81. The minimum atomic E-state index is -0.161. The standard InChI is InChI=1S/C10H19BrO/c1-2-7-10(12)8-5-3-4-6-9-11/h2,10,12H,1,3-9H2. The van der Waals surface area contributed by atoms with Crippen molar-refractivity contribution in [2.45, 2.75) is 44.6 Å². The summed E-state index contributed by atoms with van der Waals surface area (Å²) in [5.41, 5.74) is 0. The van der Waals surface area contributed by atoms with Crippen LogP contribution < -0.4 is 0 Å². The molecule has 0 aromatic heterocycles. The second kappa shape index (κ2) is 9.27. The molecule has 0 aliphatic rings. The number of aliphatic hydroxyl groups excluding tert-OH is 1. The number of unbranched alkanes of at least 4 members (excludes halogenated alkanes) is 3. The van der Waals surface area contributed by atoms with Crippen LogP contribution in [0.3, 0.4) is 0 Å². The number of hydrogen-bond acceptors (Lipinski definition) is 1. The largest absolute Gasteiger partial charge is 0.393 e. The van der Waals surface area contributed by atoms with Gasteiger partial charge < -0.3 is 5.11 Å². The second-order valence-electron chi connectivity index (χ2n) is 3.07. The fourth-order valence-electron chi connectivity index (χ4n) is 1.14. The van der Waals surface area contributed by atoms with Gasteiger partial charge in [-0.25, -0.2) is 0 Å². The molecule has 0 radical (unpaired) electrons. The summed E-state index contributed by atoms with van der Waals surface area (Å²) in [6, 6.07) is 0. The first kappa shape index (κ1) is 12.2. The fraction of sp³-hybridized carbons (Fsp3) is 0.800. The molecule has 0 spiro atoms. The van der Waals surface area contributed by atoms with Crippen molar-refractivity contribution in [3.8, 4) is 0 Å². The first-order valence-electron chi connectivity index (χ1n) is 4.66. The molecule has 0 aliphatic carbocycles. The van der Waals surface area contributed by atoms with E-state index in [1.807, 2.05) is 0 Å². The lowest BCUT2D eigenvalue weighted by Gasteiger charge is -2.06. The molecule has 1 atom stereocenters. The lowest BCUT2D eigenvalue weighted by Crippen LogP contribution is -2.03. The predicted molar refractivity (Wildman–Crippen MR) is 57.7 cm³/mol. The van der Waals surface area contributed by atoms with Gasteiger partial charge >= 0.3 is 0 Å². The number of hydrogen-bond donors (Lipinski definition) is 1. The molecule has 0 rings (SSSR count). The predicted octanol–water partition coefficient (Wildman–Crippen LogP) is 3.27. The van der Waals surface area contributed by atoms with Gasteiger partial charge in [0.1, 0.15) is 0 Å². The molecule has 0 aromatic carbocycles. The number of alkyl halides is 1. The normalized spacial score (nSPS) is 12.8. The van der Waals surface area contributed by atoms with Crippen LogP contribution in [0.4, 0.5) is 0 Å². The van der Waals surface area contributed by atoms with Crippen LogP contribution in [0.1, 0.15) is 38.5 Å². The van der Waals surface area contributed by atoms with Gasteiger partial charge in [-0.1, -0.05) is 41.3 Å². The lowest BCUT2D eigenvalue weighted by molar-refractivity contribution is 0.164. The van der Waals surface area contributed by atoms with Gasteiger partial charge in [0, 0.05) is 5.33 Å². The van der Waals surface area contributed by atoms with E-state index in [0.29, 0.717) is 0 Å². The number of rotatable bonds is 8. The van der Waals surface area contributed by atoms with Gasteiger partial charge in [0.2, 0.25) is 0 Å². The number of aliphatic hydroxyl groups is 1. The number of halogens is 1. The van der Waals surface area contributed by atoms with Crippen LogP contribution in [0.15, 0.2) is 12.7 Å². The van der Waals surface area contributed by atoms with E-state index < -0.39 is 0 Å². The van der Waals surface area contributed by atoms with E-state index in [1.165, 1.54) is 19.3 Å².